The SMILES string of the molecule is N=C(N)c1ccc(C(=O)C2c3ccccc3C(N)=C(CC(=O)O)C(=O)N2CCc2ccccc2)cc1. The molecule has 8 heteroatoms. The summed E-state index contributed by atoms with van der Waals surface area (Å²) in [5.41, 5.74) is 14.7. The fourth-order valence-electron chi connectivity index (χ4n) is 4.42. The molecule has 8 nitrogen and oxygen atoms in total. The van der Waals surface area contributed by atoms with Crippen molar-refractivity contribution in [2.75, 3.05) is 6.54 Å². The number of carbonyl (C=O) groups is 3. The lowest BCUT2D eigenvalue weighted by Gasteiger charge is -2.31. The fourth-order valence-corrected chi connectivity index (χ4v) is 4.42. The molecule has 3 aromatic carbocycles. The van der Waals surface area contributed by atoms with E-state index in [4.69, 9.17) is 16.9 Å². The maximum absolute atomic E-state index is 13.9. The van der Waals surface area contributed by atoms with Crippen LogP contribution in [0.5, 0.6) is 0 Å². The van der Waals surface area contributed by atoms with Crippen molar-refractivity contribution in [2.45, 2.75) is 18.9 Å². The summed E-state index contributed by atoms with van der Waals surface area (Å²) < 4.78 is 0. The Hall–Kier alpha value is -4.72. The second-order valence-electron chi connectivity index (χ2n) is 8.54. The Morgan fingerprint density at radius 2 is 1.53 bits per heavy atom. The van der Waals surface area contributed by atoms with Crippen LogP contribution in [0.4, 0.5) is 0 Å². The Labute approximate surface area is 208 Å². The van der Waals surface area contributed by atoms with E-state index in [2.05, 4.69) is 0 Å². The minimum atomic E-state index is -1.19. The molecule has 1 unspecified atom stereocenters. The standard InChI is InChI=1S/C28H26N4O4/c29-24-20-8-4-5-9-21(20)25(26(35)18-10-12-19(13-11-18)27(30)31)32(28(36)22(24)16-23(33)34)15-14-17-6-2-1-3-7-17/h1-13,25H,14-16,29H2,(H3,30,31)(H,33,34). The zero-order valence-corrected chi connectivity index (χ0v) is 19.5. The first kappa shape index (κ1) is 24.4. The number of nitrogen functional groups attached to an aromatic ring is 1. The molecule has 182 valence electrons. The summed E-state index contributed by atoms with van der Waals surface area (Å²) in [4.78, 5) is 40.8. The topological polar surface area (TPSA) is 151 Å². The predicted octanol–water partition coefficient (Wildman–Crippen LogP) is 3.12. The van der Waals surface area contributed by atoms with E-state index in [0.717, 1.165) is 5.56 Å². The molecule has 3 aromatic rings. The number of nitrogens with one attached hydrogen (secondary N) is 1. The zero-order valence-electron chi connectivity index (χ0n) is 19.5. The van der Waals surface area contributed by atoms with Gasteiger partial charge in [0.25, 0.3) is 5.91 Å². The van der Waals surface area contributed by atoms with Crippen LogP contribution < -0.4 is 11.5 Å². The summed E-state index contributed by atoms with van der Waals surface area (Å²) in [6, 6.07) is 21.7. The van der Waals surface area contributed by atoms with Crippen molar-refractivity contribution >= 4 is 29.2 Å². The lowest BCUT2D eigenvalue weighted by molar-refractivity contribution is -0.138. The van der Waals surface area contributed by atoms with Gasteiger partial charge in [0, 0.05) is 28.9 Å². The van der Waals surface area contributed by atoms with E-state index < -0.39 is 24.3 Å². The molecule has 36 heavy (non-hydrogen) atoms. The second kappa shape index (κ2) is 10.3. The molecule has 0 radical (unpaired) electrons. The first-order valence-electron chi connectivity index (χ1n) is 11.4. The monoisotopic (exact) mass is 482 g/mol. The molecule has 0 spiro atoms. The molecule has 0 aliphatic carbocycles. The Morgan fingerprint density at radius 1 is 0.917 bits per heavy atom. The summed E-state index contributed by atoms with van der Waals surface area (Å²) in [6.45, 7) is 0.176. The number of hydrogen-bond donors (Lipinski definition) is 4. The minimum absolute atomic E-state index is 0.0507. The maximum Gasteiger partial charge on any atom is 0.308 e. The molecule has 0 saturated heterocycles. The first-order valence-corrected chi connectivity index (χ1v) is 11.4. The number of carboxylic acid groups (broad SMARTS) is 1. The predicted molar refractivity (Wildman–Crippen MR) is 136 cm³/mol. The van der Waals surface area contributed by atoms with Crippen LogP contribution in [0.3, 0.4) is 0 Å². The number of fused-ring (bicyclic) bond motifs is 1. The van der Waals surface area contributed by atoms with Gasteiger partial charge in [-0.1, -0.05) is 78.9 Å². The highest BCUT2D eigenvalue weighted by Gasteiger charge is 2.39. The molecule has 0 bridgehead atoms. The Balaban J connectivity index is 1.84. The molecule has 1 aliphatic heterocycles. The van der Waals surface area contributed by atoms with Crippen molar-refractivity contribution in [1.29, 1.82) is 5.41 Å². The highest BCUT2D eigenvalue weighted by Crippen LogP contribution is 2.36. The summed E-state index contributed by atoms with van der Waals surface area (Å²) >= 11 is 0. The lowest BCUT2D eigenvalue weighted by Crippen LogP contribution is -2.41. The van der Waals surface area contributed by atoms with Crippen LogP contribution >= 0.6 is 0 Å². The third-order valence-electron chi connectivity index (χ3n) is 6.24. The maximum atomic E-state index is 13.9. The fraction of sp³-hybridized carbons (Fsp3) is 0.143. The summed E-state index contributed by atoms with van der Waals surface area (Å²) in [5.74, 6) is -2.24. The molecule has 0 saturated carbocycles. The first-order chi connectivity index (χ1) is 17.3. The molecular weight excluding hydrogens is 456 g/mol. The van der Waals surface area contributed by atoms with E-state index in [1.807, 2.05) is 30.3 Å². The van der Waals surface area contributed by atoms with Crippen LogP contribution in [0.2, 0.25) is 0 Å². The van der Waals surface area contributed by atoms with Gasteiger partial charge in [0.05, 0.1) is 12.0 Å². The number of rotatable bonds is 8. The summed E-state index contributed by atoms with van der Waals surface area (Å²) in [7, 11) is 0. The van der Waals surface area contributed by atoms with Gasteiger partial charge >= 0.3 is 5.97 Å². The van der Waals surface area contributed by atoms with E-state index in [1.165, 1.54) is 4.90 Å². The molecule has 1 amide bonds. The minimum Gasteiger partial charge on any atom is -0.481 e. The van der Waals surface area contributed by atoms with Crippen LogP contribution in [0.25, 0.3) is 5.70 Å². The van der Waals surface area contributed by atoms with Crippen LogP contribution in [0, 0.1) is 5.41 Å². The number of benzene rings is 3. The molecule has 1 heterocycles. The quantitative estimate of drug-likeness (QED) is 0.220. The third kappa shape index (κ3) is 4.88. The van der Waals surface area contributed by atoms with E-state index in [9.17, 15) is 19.5 Å². The number of amidine groups is 1. The van der Waals surface area contributed by atoms with Crippen LogP contribution in [0.15, 0.2) is 84.4 Å². The number of carbonyl (C=O) groups excluding carboxylic acids is 2. The number of aliphatic carboxylic acids is 1. The largest absolute Gasteiger partial charge is 0.481 e. The highest BCUT2D eigenvalue weighted by atomic mass is 16.4. The second-order valence-corrected chi connectivity index (χ2v) is 8.54. The molecule has 0 fully saturated rings. The Kier molecular flexibility index (Phi) is 6.96. The van der Waals surface area contributed by atoms with Crippen molar-refractivity contribution < 1.29 is 19.5 Å². The van der Waals surface area contributed by atoms with Gasteiger partial charge in [-0.05, 0) is 17.5 Å². The zero-order chi connectivity index (χ0) is 25.8. The van der Waals surface area contributed by atoms with Crippen LogP contribution in [-0.4, -0.2) is 40.0 Å². The Bertz CT molecular complexity index is 1360. The van der Waals surface area contributed by atoms with Crippen LogP contribution in [-0.2, 0) is 16.0 Å². The van der Waals surface area contributed by atoms with Gasteiger partial charge in [0.1, 0.15) is 11.9 Å². The normalized spacial score (nSPS) is 15.3. The number of nitrogens with two attached hydrogens (primary N) is 2. The van der Waals surface area contributed by atoms with Gasteiger partial charge in [-0.25, -0.2) is 0 Å². The number of nitrogens with zero attached hydrogens (tertiary/aromatic N) is 1. The van der Waals surface area contributed by atoms with Crippen molar-refractivity contribution in [3.8, 4) is 0 Å². The average Bonchev–Trinajstić information content (AvgIpc) is 2.96. The third-order valence-corrected chi connectivity index (χ3v) is 6.24. The van der Waals surface area contributed by atoms with Gasteiger partial charge in [-0.3, -0.25) is 19.8 Å². The van der Waals surface area contributed by atoms with Gasteiger partial charge in [-0.2, -0.15) is 0 Å². The summed E-state index contributed by atoms with van der Waals surface area (Å²) in [6.07, 6.45) is -0.100. The van der Waals surface area contributed by atoms with Crippen molar-refractivity contribution in [1.82, 2.24) is 4.90 Å². The Morgan fingerprint density at radius 3 is 2.17 bits per heavy atom. The van der Waals surface area contributed by atoms with Gasteiger partial charge in [0.2, 0.25) is 0 Å². The van der Waals surface area contributed by atoms with Gasteiger partial charge < -0.3 is 21.5 Å². The van der Waals surface area contributed by atoms with E-state index in [1.54, 1.807) is 48.5 Å². The number of Topliss-reactive ketones (excluding diaryl/α,β-unsaturated/α-hetero) is 1. The van der Waals surface area contributed by atoms with E-state index >= 15 is 0 Å². The summed E-state index contributed by atoms with van der Waals surface area (Å²) in [5, 5.41) is 17.1. The van der Waals surface area contributed by atoms with E-state index in [0.29, 0.717) is 28.7 Å². The van der Waals surface area contributed by atoms with Crippen molar-refractivity contribution in [2.24, 2.45) is 11.5 Å². The number of carboxylic acids is 1. The number of ketones is 1. The van der Waals surface area contributed by atoms with E-state index in [-0.39, 0.29) is 29.4 Å². The molecule has 1 atom stereocenters. The molecule has 6 N–H and O–H groups in total. The average molecular weight is 483 g/mol. The molecule has 0 aromatic heterocycles. The number of amides is 1. The molecule has 4 rings (SSSR count). The molecular formula is C28H26N4O4. The lowest BCUT2D eigenvalue weighted by atomic mass is 9.91. The van der Waals surface area contributed by atoms with Crippen LogP contribution in [0.1, 0.15) is 45.1 Å². The van der Waals surface area contributed by atoms with Crippen molar-refractivity contribution in [3.63, 3.8) is 0 Å². The van der Waals surface area contributed by atoms with Crippen molar-refractivity contribution in [3.05, 3.63) is 112 Å². The smallest absolute Gasteiger partial charge is 0.308 e. The molecule has 1 aliphatic rings. The van der Waals surface area contributed by atoms with Gasteiger partial charge in [-0.15, -0.1) is 0 Å². The van der Waals surface area contributed by atoms with Gasteiger partial charge in [0.15, 0.2) is 5.78 Å². The number of hydrogen-bond acceptors (Lipinski definition) is 5. The highest BCUT2D eigenvalue weighted by molar-refractivity contribution is 6.10.